The molecular formula is C14H16Cl2N2O4S. The van der Waals surface area contributed by atoms with Gasteiger partial charge in [0.25, 0.3) is 0 Å². The van der Waals surface area contributed by atoms with E-state index in [4.69, 9.17) is 27.9 Å². The second kappa shape index (κ2) is 6.22. The van der Waals surface area contributed by atoms with Crippen LogP contribution in [0.15, 0.2) is 23.1 Å². The summed E-state index contributed by atoms with van der Waals surface area (Å²) in [6, 6.07) is 4.23. The van der Waals surface area contributed by atoms with Gasteiger partial charge in [-0.1, -0.05) is 29.3 Å². The normalized spacial score (nSPS) is 26.2. The van der Waals surface area contributed by atoms with Gasteiger partial charge >= 0.3 is 0 Å². The molecule has 1 aromatic carbocycles. The van der Waals surface area contributed by atoms with Crippen molar-refractivity contribution in [2.45, 2.75) is 10.9 Å². The molecule has 2 bridgehead atoms. The zero-order valence-corrected chi connectivity index (χ0v) is 14.7. The number of hydrogen-bond donors (Lipinski definition) is 0. The molecule has 0 radical (unpaired) electrons. The zero-order valence-electron chi connectivity index (χ0n) is 12.4. The SMILES string of the molecule is CN1C(=O)[C@H]2COC[C@@H]1CN(S(=O)(=O)c1c(Cl)cccc1Cl)C2. The van der Waals surface area contributed by atoms with E-state index in [2.05, 4.69) is 0 Å². The lowest BCUT2D eigenvalue weighted by Crippen LogP contribution is -2.45. The van der Waals surface area contributed by atoms with Gasteiger partial charge in [0.2, 0.25) is 15.9 Å². The highest BCUT2D eigenvalue weighted by molar-refractivity contribution is 7.89. The summed E-state index contributed by atoms with van der Waals surface area (Å²) in [7, 11) is -2.23. The van der Waals surface area contributed by atoms with Crippen LogP contribution in [0.5, 0.6) is 0 Å². The smallest absolute Gasteiger partial charge is 0.246 e. The Kier molecular flexibility index (Phi) is 4.59. The number of fused-ring (bicyclic) bond motifs is 3. The number of benzene rings is 1. The van der Waals surface area contributed by atoms with E-state index in [1.807, 2.05) is 0 Å². The molecular weight excluding hydrogens is 363 g/mol. The molecule has 2 saturated heterocycles. The predicted octanol–water partition coefficient (Wildman–Crippen LogP) is 1.47. The van der Waals surface area contributed by atoms with Crippen molar-refractivity contribution in [1.82, 2.24) is 9.21 Å². The van der Waals surface area contributed by atoms with Gasteiger partial charge < -0.3 is 9.64 Å². The fourth-order valence-corrected chi connectivity index (χ4v) is 5.53. The van der Waals surface area contributed by atoms with Crippen LogP contribution in [0.3, 0.4) is 0 Å². The fourth-order valence-electron chi connectivity index (χ4n) is 2.91. The van der Waals surface area contributed by atoms with Crippen molar-refractivity contribution < 1.29 is 17.9 Å². The Morgan fingerprint density at radius 1 is 1.17 bits per heavy atom. The summed E-state index contributed by atoms with van der Waals surface area (Å²) in [4.78, 5) is 13.8. The lowest BCUT2D eigenvalue weighted by atomic mass is 10.1. The van der Waals surface area contributed by atoms with E-state index in [0.717, 1.165) is 0 Å². The first kappa shape index (κ1) is 17.0. The van der Waals surface area contributed by atoms with Crippen LogP contribution >= 0.6 is 23.2 Å². The number of amides is 1. The van der Waals surface area contributed by atoms with E-state index in [1.54, 1.807) is 18.0 Å². The largest absolute Gasteiger partial charge is 0.378 e. The number of likely N-dealkylation sites (N-methyl/N-ethyl adjacent to an activating group) is 1. The molecule has 126 valence electrons. The minimum absolute atomic E-state index is 0.0591. The average Bonchev–Trinajstić information content (AvgIpc) is 2.64. The van der Waals surface area contributed by atoms with Gasteiger partial charge in [-0.15, -0.1) is 0 Å². The summed E-state index contributed by atoms with van der Waals surface area (Å²) in [6.07, 6.45) is 0. The number of carbonyl (C=O) groups excluding carboxylic acids is 1. The van der Waals surface area contributed by atoms with Crippen molar-refractivity contribution in [2.75, 3.05) is 33.4 Å². The molecule has 2 aliphatic rings. The van der Waals surface area contributed by atoms with Crippen molar-refractivity contribution in [1.29, 1.82) is 0 Å². The summed E-state index contributed by atoms with van der Waals surface area (Å²) >= 11 is 12.1. The third-order valence-corrected chi connectivity index (χ3v) is 7.02. The first-order valence-electron chi connectivity index (χ1n) is 7.11. The minimum atomic E-state index is -3.90. The highest BCUT2D eigenvalue weighted by atomic mass is 35.5. The van der Waals surface area contributed by atoms with Crippen LogP contribution in [0.25, 0.3) is 0 Å². The van der Waals surface area contributed by atoms with Gasteiger partial charge in [0, 0.05) is 20.1 Å². The molecule has 0 aliphatic carbocycles. The summed E-state index contributed by atoms with van der Waals surface area (Å²) in [5.74, 6) is -0.626. The maximum absolute atomic E-state index is 13.0. The van der Waals surface area contributed by atoms with Crippen LogP contribution in [0.2, 0.25) is 10.0 Å². The Bertz CT molecular complexity index is 720. The highest BCUT2D eigenvalue weighted by Crippen LogP contribution is 2.33. The number of ether oxygens (including phenoxy) is 1. The third kappa shape index (κ3) is 2.96. The predicted molar refractivity (Wildman–Crippen MR) is 86.1 cm³/mol. The third-order valence-electron chi connectivity index (χ3n) is 4.23. The monoisotopic (exact) mass is 378 g/mol. The first-order valence-corrected chi connectivity index (χ1v) is 9.30. The van der Waals surface area contributed by atoms with Gasteiger partial charge in [0.15, 0.2) is 0 Å². The van der Waals surface area contributed by atoms with Crippen LogP contribution in [0, 0.1) is 5.92 Å². The molecule has 0 saturated carbocycles. The van der Waals surface area contributed by atoms with Gasteiger partial charge in [-0.2, -0.15) is 4.31 Å². The van der Waals surface area contributed by atoms with E-state index in [1.165, 1.54) is 16.4 Å². The molecule has 1 aromatic rings. The van der Waals surface area contributed by atoms with Crippen LogP contribution in [-0.2, 0) is 19.6 Å². The first-order chi connectivity index (χ1) is 10.8. The van der Waals surface area contributed by atoms with Gasteiger partial charge in [0.1, 0.15) is 4.90 Å². The zero-order chi connectivity index (χ0) is 16.8. The fraction of sp³-hybridized carbons (Fsp3) is 0.500. The number of rotatable bonds is 2. The molecule has 2 aliphatic heterocycles. The Hall–Kier alpha value is -0.860. The van der Waals surface area contributed by atoms with Crippen molar-refractivity contribution >= 4 is 39.1 Å². The molecule has 3 rings (SSSR count). The molecule has 9 heteroatoms. The average molecular weight is 379 g/mol. The molecule has 1 amide bonds. The summed E-state index contributed by atoms with van der Waals surface area (Å²) in [5.41, 5.74) is 0. The molecule has 0 unspecified atom stereocenters. The van der Waals surface area contributed by atoms with Crippen molar-refractivity contribution in [3.05, 3.63) is 28.2 Å². The van der Waals surface area contributed by atoms with E-state index >= 15 is 0 Å². The summed E-state index contributed by atoms with van der Waals surface area (Å²) in [6.45, 7) is 0.731. The van der Waals surface area contributed by atoms with E-state index in [9.17, 15) is 13.2 Å². The van der Waals surface area contributed by atoms with Crippen LogP contribution in [-0.4, -0.2) is 62.9 Å². The number of sulfonamides is 1. The molecule has 0 spiro atoms. The number of nitrogens with zero attached hydrogens (tertiary/aromatic N) is 2. The van der Waals surface area contributed by atoms with E-state index in [-0.39, 0.29) is 46.6 Å². The minimum Gasteiger partial charge on any atom is -0.378 e. The van der Waals surface area contributed by atoms with Crippen molar-refractivity contribution in [2.24, 2.45) is 5.92 Å². The Morgan fingerprint density at radius 2 is 1.83 bits per heavy atom. The van der Waals surface area contributed by atoms with Gasteiger partial charge in [0.05, 0.1) is 35.2 Å². The summed E-state index contributed by atoms with van der Waals surface area (Å²) in [5, 5.41) is 0.144. The standard InChI is InChI=1S/C14H16Cl2N2O4S/c1-17-10-6-18(5-9(14(17)19)7-22-8-10)23(20,21)13-11(15)3-2-4-12(13)16/h2-4,9-10H,5-8H2,1H3/t9-,10+/m1/s1. The molecule has 0 aromatic heterocycles. The number of halogens is 2. The molecule has 2 fully saturated rings. The maximum Gasteiger partial charge on any atom is 0.246 e. The Labute approximate surface area is 145 Å². The van der Waals surface area contributed by atoms with Crippen LogP contribution in [0.1, 0.15) is 0 Å². The van der Waals surface area contributed by atoms with Gasteiger partial charge in [-0.05, 0) is 12.1 Å². The number of hydrogen-bond acceptors (Lipinski definition) is 4. The molecule has 0 N–H and O–H groups in total. The van der Waals surface area contributed by atoms with E-state index in [0.29, 0.717) is 6.61 Å². The molecule has 2 heterocycles. The van der Waals surface area contributed by atoms with Gasteiger partial charge in [-0.3, -0.25) is 4.79 Å². The van der Waals surface area contributed by atoms with Crippen molar-refractivity contribution in [3.8, 4) is 0 Å². The Morgan fingerprint density at radius 3 is 2.48 bits per heavy atom. The second-order valence-corrected chi connectivity index (χ2v) is 8.40. The topological polar surface area (TPSA) is 66.9 Å². The lowest BCUT2D eigenvalue weighted by molar-refractivity contribution is -0.133. The lowest BCUT2D eigenvalue weighted by Gasteiger charge is -2.29. The Balaban J connectivity index is 2.03. The number of carbonyl (C=O) groups is 1. The molecule has 23 heavy (non-hydrogen) atoms. The van der Waals surface area contributed by atoms with E-state index < -0.39 is 15.9 Å². The van der Waals surface area contributed by atoms with Gasteiger partial charge in [-0.25, -0.2) is 8.42 Å². The quantitative estimate of drug-likeness (QED) is 0.781. The molecule has 2 atom stereocenters. The highest BCUT2D eigenvalue weighted by Gasteiger charge is 2.42. The van der Waals surface area contributed by atoms with Crippen LogP contribution < -0.4 is 0 Å². The van der Waals surface area contributed by atoms with Crippen molar-refractivity contribution in [3.63, 3.8) is 0 Å². The summed E-state index contributed by atoms with van der Waals surface area (Å²) < 4.78 is 32.8. The van der Waals surface area contributed by atoms with Crippen LogP contribution in [0.4, 0.5) is 0 Å². The molecule has 6 nitrogen and oxygen atoms in total. The second-order valence-electron chi connectivity index (χ2n) is 5.71. The maximum atomic E-state index is 13.0.